The zero-order valence-electron chi connectivity index (χ0n) is 17.0. The molecule has 0 spiro atoms. The van der Waals surface area contributed by atoms with Crippen LogP contribution in [0.5, 0.6) is 0 Å². The number of rotatable bonds is 6. The number of aromatic nitrogens is 3. The van der Waals surface area contributed by atoms with E-state index in [4.69, 9.17) is 0 Å². The van der Waals surface area contributed by atoms with Crippen LogP contribution in [0, 0.1) is 12.8 Å². The number of hydrogen-bond donors (Lipinski definition) is 1. The van der Waals surface area contributed by atoms with Gasteiger partial charge in [-0.3, -0.25) is 14.4 Å². The molecule has 1 aliphatic rings. The highest BCUT2D eigenvalue weighted by Gasteiger charge is 2.21. The van der Waals surface area contributed by atoms with Gasteiger partial charge in [0, 0.05) is 24.2 Å². The van der Waals surface area contributed by atoms with E-state index in [1.807, 2.05) is 25.5 Å². The minimum atomic E-state index is 0.00955. The number of hydrogen-bond acceptors (Lipinski definition) is 5. The van der Waals surface area contributed by atoms with Crippen LogP contribution < -0.4 is 5.32 Å². The Morgan fingerprint density at radius 1 is 1.24 bits per heavy atom. The van der Waals surface area contributed by atoms with Crippen molar-refractivity contribution < 1.29 is 4.79 Å². The van der Waals surface area contributed by atoms with E-state index in [2.05, 4.69) is 50.6 Å². The molecule has 1 saturated heterocycles. The Balaban J connectivity index is 1.25. The first-order chi connectivity index (χ1) is 14.1. The first kappa shape index (κ1) is 19.8. The number of thiazole rings is 1. The molecule has 0 aliphatic carbocycles. The van der Waals surface area contributed by atoms with Crippen molar-refractivity contribution in [2.45, 2.75) is 26.2 Å². The number of nitrogens with zero attached hydrogens (tertiary/aromatic N) is 4. The lowest BCUT2D eigenvalue weighted by molar-refractivity contribution is -0.117. The van der Waals surface area contributed by atoms with Gasteiger partial charge in [0.25, 0.3) is 0 Å². The fraction of sp³-hybridized carbons (Fsp3) is 0.409. The highest BCUT2D eigenvalue weighted by atomic mass is 32.1. The molecule has 1 aromatic carbocycles. The minimum Gasteiger partial charge on any atom is -0.301 e. The summed E-state index contributed by atoms with van der Waals surface area (Å²) in [7, 11) is 1.90. The second kappa shape index (κ2) is 8.88. The van der Waals surface area contributed by atoms with Gasteiger partial charge >= 0.3 is 0 Å². The van der Waals surface area contributed by atoms with Gasteiger partial charge in [-0.15, -0.1) is 11.3 Å². The Labute approximate surface area is 175 Å². The zero-order chi connectivity index (χ0) is 20.2. The van der Waals surface area contributed by atoms with Crippen molar-refractivity contribution in [1.29, 1.82) is 0 Å². The SMILES string of the molecule is Cc1nn(C)cc1-c1csc(NC(=O)CN2CCC(Cc3ccccc3)CC2)n1. The molecule has 29 heavy (non-hydrogen) atoms. The summed E-state index contributed by atoms with van der Waals surface area (Å²) in [5.74, 6) is 0.719. The number of amides is 1. The monoisotopic (exact) mass is 409 g/mol. The average Bonchev–Trinajstić information content (AvgIpc) is 3.29. The van der Waals surface area contributed by atoms with Crippen LogP contribution in [0.25, 0.3) is 11.3 Å². The van der Waals surface area contributed by atoms with Gasteiger partial charge in [0.05, 0.1) is 17.9 Å². The number of benzene rings is 1. The summed E-state index contributed by atoms with van der Waals surface area (Å²) < 4.78 is 1.78. The predicted octanol–water partition coefficient (Wildman–Crippen LogP) is 3.75. The molecule has 152 valence electrons. The predicted molar refractivity (Wildman–Crippen MR) is 117 cm³/mol. The minimum absolute atomic E-state index is 0.00955. The van der Waals surface area contributed by atoms with Gasteiger partial charge in [0.15, 0.2) is 5.13 Å². The van der Waals surface area contributed by atoms with Crippen LogP contribution in [0.4, 0.5) is 5.13 Å². The van der Waals surface area contributed by atoms with E-state index in [1.54, 1.807) is 4.68 Å². The molecule has 4 rings (SSSR count). The summed E-state index contributed by atoms with van der Waals surface area (Å²) >= 11 is 1.46. The van der Waals surface area contributed by atoms with Crippen LogP contribution in [0.1, 0.15) is 24.1 Å². The molecule has 0 atom stereocenters. The summed E-state index contributed by atoms with van der Waals surface area (Å²) in [6.45, 7) is 4.35. The van der Waals surface area contributed by atoms with E-state index < -0.39 is 0 Å². The highest BCUT2D eigenvalue weighted by Crippen LogP contribution is 2.27. The maximum absolute atomic E-state index is 12.5. The number of carbonyl (C=O) groups excluding carboxylic acids is 1. The van der Waals surface area contributed by atoms with Crippen LogP contribution in [-0.4, -0.2) is 45.2 Å². The fourth-order valence-electron chi connectivity index (χ4n) is 3.96. The smallest absolute Gasteiger partial charge is 0.240 e. The first-order valence-electron chi connectivity index (χ1n) is 10.1. The molecule has 0 radical (unpaired) electrons. The second-order valence-corrected chi connectivity index (χ2v) is 8.66. The average molecular weight is 410 g/mol. The standard InChI is InChI=1S/C22H27N5OS/c1-16-19(13-26(2)25-16)20-15-29-22(23-20)24-21(28)14-27-10-8-18(9-11-27)12-17-6-4-3-5-7-17/h3-7,13,15,18H,8-12,14H2,1-2H3,(H,23,24,28). The van der Waals surface area contributed by atoms with Crippen molar-refractivity contribution in [1.82, 2.24) is 19.7 Å². The van der Waals surface area contributed by atoms with Crippen LogP contribution in [0.3, 0.4) is 0 Å². The molecule has 1 aliphatic heterocycles. The normalized spacial score (nSPS) is 15.5. The van der Waals surface area contributed by atoms with E-state index in [0.29, 0.717) is 17.6 Å². The summed E-state index contributed by atoms with van der Waals surface area (Å²) in [6, 6.07) is 10.7. The molecule has 0 saturated carbocycles. The van der Waals surface area contributed by atoms with Gasteiger partial charge in [-0.25, -0.2) is 4.98 Å². The summed E-state index contributed by atoms with van der Waals surface area (Å²) in [5.41, 5.74) is 4.21. The molecule has 1 amide bonds. The summed E-state index contributed by atoms with van der Waals surface area (Å²) in [5, 5.41) is 9.92. The van der Waals surface area contributed by atoms with Crippen LogP contribution >= 0.6 is 11.3 Å². The molecule has 2 aromatic heterocycles. The van der Waals surface area contributed by atoms with Gasteiger partial charge in [-0.1, -0.05) is 30.3 Å². The van der Waals surface area contributed by atoms with E-state index >= 15 is 0 Å². The van der Waals surface area contributed by atoms with Crippen molar-refractivity contribution in [2.24, 2.45) is 13.0 Å². The van der Waals surface area contributed by atoms with Gasteiger partial charge in [0.2, 0.25) is 5.91 Å². The number of anilines is 1. The molecular formula is C22H27N5OS. The van der Waals surface area contributed by atoms with E-state index in [-0.39, 0.29) is 5.91 Å². The van der Waals surface area contributed by atoms with Crippen molar-refractivity contribution in [3.63, 3.8) is 0 Å². The van der Waals surface area contributed by atoms with E-state index in [9.17, 15) is 4.79 Å². The third kappa shape index (κ3) is 5.10. The molecule has 3 heterocycles. The lowest BCUT2D eigenvalue weighted by Crippen LogP contribution is -2.39. The van der Waals surface area contributed by atoms with Crippen molar-refractivity contribution in [3.05, 3.63) is 53.2 Å². The number of nitrogens with one attached hydrogen (secondary N) is 1. The number of piperidine rings is 1. The largest absolute Gasteiger partial charge is 0.301 e. The van der Waals surface area contributed by atoms with E-state index in [0.717, 1.165) is 49.3 Å². The molecule has 1 N–H and O–H groups in total. The Hall–Kier alpha value is -2.51. The zero-order valence-corrected chi connectivity index (χ0v) is 17.8. The van der Waals surface area contributed by atoms with Crippen molar-refractivity contribution in [2.75, 3.05) is 25.0 Å². The van der Waals surface area contributed by atoms with Gasteiger partial charge < -0.3 is 5.32 Å². The molecule has 3 aromatic rings. The van der Waals surface area contributed by atoms with Gasteiger partial charge in [-0.05, 0) is 50.8 Å². The molecule has 0 unspecified atom stereocenters. The third-order valence-electron chi connectivity index (χ3n) is 5.48. The number of likely N-dealkylation sites (tertiary alicyclic amines) is 1. The Kier molecular flexibility index (Phi) is 6.06. The lowest BCUT2D eigenvalue weighted by Gasteiger charge is -2.31. The molecular weight excluding hydrogens is 382 g/mol. The van der Waals surface area contributed by atoms with E-state index in [1.165, 1.54) is 16.9 Å². The Morgan fingerprint density at radius 2 is 2.00 bits per heavy atom. The first-order valence-corrected chi connectivity index (χ1v) is 11.0. The summed E-state index contributed by atoms with van der Waals surface area (Å²) in [6.07, 6.45) is 5.37. The maximum Gasteiger partial charge on any atom is 0.240 e. The number of aryl methyl sites for hydroxylation is 2. The third-order valence-corrected chi connectivity index (χ3v) is 6.24. The molecule has 1 fully saturated rings. The summed E-state index contributed by atoms with van der Waals surface area (Å²) in [4.78, 5) is 19.3. The lowest BCUT2D eigenvalue weighted by atomic mass is 9.90. The highest BCUT2D eigenvalue weighted by molar-refractivity contribution is 7.14. The quantitative estimate of drug-likeness (QED) is 0.674. The molecule has 6 nitrogen and oxygen atoms in total. The maximum atomic E-state index is 12.5. The van der Waals surface area contributed by atoms with Crippen molar-refractivity contribution in [3.8, 4) is 11.3 Å². The fourth-order valence-corrected chi connectivity index (χ4v) is 4.69. The Morgan fingerprint density at radius 3 is 2.69 bits per heavy atom. The van der Waals surface area contributed by atoms with Crippen LogP contribution in [0.2, 0.25) is 0 Å². The topological polar surface area (TPSA) is 63.1 Å². The Bertz CT molecular complexity index is 957. The van der Waals surface area contributed by atoms with Crippen LogP contribution in [0.15, 0.2) is 41.9 Å². The molecule has 0 bridgehead atoms. The number of carbonyl (C=O) groups is 1. The van der Waals surface area contributed by atoms with Crippen molar-refractivity contribution >= 4 is 22.4 Å². The molecule has 7 heteroatoms. The van der Waals surface area contributed by atoms with Gasteiger partial charge in [0.1, 0.15) is 0 Å². The second-order valence-electron chi connectivity index (χ2n) is 7.80. The van der Waals surface area contributed by atoms with Gasteiger partial charge in [-0.2, -0.15) is 5.10 Å². The van der Waals surface area contributed by atoms with Crippen LogP contribution in [-0.2, 0) is 18.3 Å².